The molecule has 1 aromatic rings. The fourth-order valence-corrected chi connectivity index (χ4v) is 2.22. The van der Waals surface area contributed by atoms with Gasteiger partial charge in [0.25, 0.3) is 0 Å². The fourth-order valence-electron chi connectivity index (χ4n) is 2.22. The highest BCUT2D eigenvalue weighted by Crippen LogP contribution is 2.20. The van der Waals surface area contributed by atoms with E-state index in [4.69, 9.17) is 0 Å². The molecule has 0 aromatic heterocycles. The van der Waals surface area contributed by atoms with Gasteiger partial charge in [0.2, 0.25) is 0 Å². The molecule has 0 atom stereocenters. The summed E-state index contributed by atoms with van der Waals surface area (Å²) >= 11 is 0. The van der Waals surface area contributed by atoms with Gasteiger partial charge in [0.1, 0.15) is 6.42 Å². The standard InChI is InChI=1S/C16H19NO2/c1-19-16(18)10-6-8-14-7-5-9-15(13-14)17-11-3-2-4-12-17/h5,7,9,13H,2-4,10-12H2,1H3. The van der Waals surface area contributed by atoms with E-state index in [-0.39, 0.29) is 12.4 Å². The number of anilines is 1. The second-order valence-electron chi connectivity index (χ2n) is 4.65. The lowest BCUT2D eigenvalue weighted by atomic mass is 10.1. The van der Waals surface area contributed by atoms with Crippen molar-refractivity contribution in [1.82, 2.24) is 0 Å². The minimum Gasteiger partial charge on any atom is -0.468 e. The molecule has 1 aromatic carbocycles. The smallest absolute Gasteiger partial charge is 0.317 e. The molecule has 0 N–H and O–H groups in total. The molecule has 0 spiro atoms. The molecule has 0 bridgehead atoms. The van der Waals surface area contributed by atoms with Gasteiger partial charge >= 0.3 is 5.97 Å². The van der Waals surface area contributed by atoms with E-state index in [0.29, 0.717) is 0 Å². The largest absolute Gasteiger partial charge is 0.468 e. The van der Waals surface area contributed by atoms with Crippen molar-refractivity contribution in [1.29, 1.82) is 0 Å². The number of hydrogen-bond acceptors (Lipinski definition) is 3. The maximum Gasteiger partial charge on any atom is 0.317 e. The van der Waals surface area contributed by atoms with Crippen LogP contribution in [0.1, 0.15) is 31.2 Å². The lowest BCUT2D eigenvalue weighted by Gasteiger charge is -2.28. The molecule has 0 unspecified atom stereocenters. The van der Waals surface area contributed by atoms with Gasteiger partial charge in [0.05, 0.1) is 7.11 Å². The summed E-state index contributed by atoms with van der Waals surface area (Å²) in [5.74, 6) is 5.56. The van der Waals surface area contributed by atoms with Gasteiger partial charge in [-0.2, -0.15) is 0 Å². The Kier molecular flexibility index (Phi) is 4.85. The van der Waals surface area contributed by atoms with E-state index in [1.807, 2.05) is 12.1 Å². The van der Waals surface area contributed by atoms with Crippen molar-refractivity contribution < 1.29 is 9.53 Å². The van der Waals surface area contributed by atoms with Gasteiger partial charge in [-0.25, -0.2) is 0 Å². The van der Waals surface area contributed by atoms with Crippen LogP contribution in [0.15, 0.2) is 24.3 Å². The van der Waals surface area contributed by atoms with E-state index in [9.17, 15) is 4.79 Å². The predicted molar refractivity (Wildman–Crippen MR) is 76.0 cm³/mol. The van der Waals surface area contributed by atoms with Gasteiger partial charge in [0, 0.05) is 24.3 Å². The summed E-state index contributed by atoms with van der Waals surface area (Å²) in [7, 11) is 1.38. The van der Waals surface area contributed by atoms with Crippen molar-refractivity contribution in [2.45, 2.75) is 25.7 Å². The van der Waals surface area contributed by atoms with E-state index in [0.717, 1.165) is 18.7 Å². The number of carbonyl (C=O) groups is 1. The van der Waals surface area contributed by atoms with Gasteiger partial charge in [-0.1, -0.05) is 17.9 Å². The van der Waals surface area contributed by atoms with Crippen LogP contribution >= 0.6 is 0 Å². The molecule has 0 saturated carbocycles. The number of hydrogen-bond donors (Lipinski definition) is 0. The van der Waals surface area contributed by atoms with E-state index in [1.54, 1.807) is 0 Å². The highest BCUT2D eigenvalue weighted by molar-refractivity contribution is 5.72. The third-order valence-corrected chi connectivity index (χ3v) is 3.26. The van der Waals surface area contributed by atoms with Crippen LogP contribution in [0.2, 0.25) is 0 Å². The average Bonchev–Trinajstić information content (AvgIpc) is 2.48. The molecule has 1 fully saturated rings. The van der Waals surface area contributed by atoms with Crippen LogP contribution in [-0.4, -0.2) is 26.2 Å². The number of carbonyl (C=O) groups excluding carboxylic acids is 1. The fraction of sp³-hybridized carbons (Fsp3) is 0.438. The van der Waals surface area contributed by atoms with Crippen molar-refractivity contribution in [2.75, 3.05) is 25.1 Å². The van der Waals surface area contributed by atoms with Crippen LogP contribution in [0.5, 0.6) is 0 Å². The molecule has 1 aliphatic heterocycles. The molecule has 3 heteroatoms. The van der Waals surface area contributed by atoms with Gasteiger partial charge in [-0.15, -0.1) is 0 Å². The Balaban J connectivity index is 2.04. The maximum atomic E-state index is 11.0. The molecular formula is C16H19NO2. The number of methoxy groups -OCH3 is 1. The van der Waals surface area contributed by atoms with Crippen molar-refractivity contribution in [3.05, 3.63) is 29.8 Å². The Bertz CT molecular complexity index is 493. The summed E-state index contributed by atoms with van der Waals surface area (Å²) in [6, 6.07) is 8.20. The van der Waals surface area contributed by atoms with Crippen molar-refractivity contribution >= 4 is 11.7 Å². The Hall–Kier alpha value is -1.95. The molecule has 2 rings (SSSR count). The first-order chi connectivity index (χ1) is 9.29. The summed E-state index contributed by atoms with van der Waals surface area (Å²) in [5.41, 5.74) is 2.18. The zero-order chi connectivity index (χ0) is 13.5. The average molecular weight is 257 g/mol. The lowest BCUT2D eigenvalue weighted by molar-refractivity contribution is -0.139. The minimum absolute atomic E-state index is 0.143. The summed E-state index contributed by atoms with van der Waals surface area (Å²) in [5, 5.41) is 0. The molecule has 1 heterocycles. The number of benzene rings is 1. The Labute approximate surface area is 114 Å². The second kappa shape index (κ2) is 6.84. The number of nitrogens with zero attached hydrogens (tertiary/aromatic N) is 1. The number of piperidine rings is 1. The Morgan fingerprint density at radius 3 is 2.84 bits per heavy atom. The van der Waals surface area contributed by atoms with Gasteiger partial charge in [0.15, 0.2) is 0 Å². The van der Waals surface area contributed by atoms with E-state index in [1.165, 1.54) is 32.1 Å². The van der Waals surface area contributed by atoms with Gasteiger partial charge in [-0.05, 0) is 37.5 Å². The van der Waals surface area contributed by atoms with Crippen LogP contribution in [-0.2, 0) is 9.53 Å². The molecule has 1 saturated heterocycles. The van der Waals surface area contributed by atoms with Crippen molar-refractivity contribution in [2.24, 2.45) is 0 Å². The second-order valence-corrected chi connectivity index (χ2v) is 4.65. The first kappa shape index (κ1) is 13.5. The monoisotopic (exact) mass is 257 g/mol. The topological polar surface area (TPSA) is 29.5 Å². The quantitative estimate of drug-likeness (QED) is 0.602. The SMILES string of the molecule is COC(=O)CC#Cc1cccc(N2CCCCC2)c1. The van der Waals surface area contributed by atoms with Gasteiger partial charge < -0.3 is 9.64 Å². The molecule has 19 heavy (non-hydrogen) atoms. The van der Waals surface area contributed by atoms with E-state index >= 15 is 0 Å². The van der Waals surface area contributed by atoms with E-state index in [2.05, 4.69) is 33.6 Å². The van der Waals surface area contributed by atoms with Gasteiger partial charge in [-0.3, -0.25) is 4.79 Å². The molecule has 3 nitrogen and oxygen atoms in total. The first-order valence-electron chi connectivity index (χ1n) is 6.70. The lowest BCUT2D eigenvalue weighted by Crippen LogP contribution is -2.29. The summed E-state index contributed by atoms with van der Waals surface area (Å²) in [6.45, 7) is 2.25. The minimum atomic E-state index is -0.292. The molecule has 0 amide bonds. The highest BCUT2D eigenvalue weighted by atomic mass is 16.5. The van der Waals surface area contributed by atoms with Crippen molar-refractivity contribution in [3.8, 4) is 11.8 Å². The van der Waals surface area contributed by atoms with Crippen molar-refractivity contribution in [3.63, 3.8) is 0 Å². The zero-order valence-corrected chi connectivity index (χ0v) is 11.3. The summed E-state index contributed by atoms with van der Waals surface area (Å²) in [6.07, 6.45) is 4.00. The molecule has 0 radical (unpaired) electrons. The first-order valence-corrected chi connectivity index (χ1v) is 6.70. The zero-order valence-electron chi connectivity index (χ0n) is 11.3. The molecule has 0 aliphatic carbocycles. The third kappa shape index (κ3) is 4.03. The summed E-state index contributed by atoms with van der Waals surface area (Å²) < 4.78 is 4.56. The Morgan fingerprint density at radius 1 is 1.32 bits per heavy atom. The van der Waals surface area contributed by atoms with E-state index < -0.39 is 0 Å². The summed E-state index contributed by atoms with van der Waals surface area (Å²) in [4.78, 5) is 13.4. The highest BCUT2D eigenvalue weighted by Gasteiger charge is 2.10. The number of rotatable bonds is 2. The van der Waals surface area contributed by atoms with Crippen LogP contribution in [0.25, 0.3) is 0 Å². The molecular weight excluding hydrogens is 238 g/mol. The van der Waals surface area contributed by atoms with Crippen LogP contribution in [0.4, 0.5) is 5.69 Å². The number of esters is 1. The van der Waals surface area contributed by atoms with Crippen LogP contribution in [0.3, 0.4) is 0 Å². The van der Waals surface area contributed by atoms with Crippen LogP contribution in [0, 0.1) is 11.8 Å². The molecule has 100 valence electrons. The Morgan fingerprint density at radius 2 is 2.11 bits per heavy atom. The normalized spacial score (nSPS) is 14.5. The third-order valence-electron chi connectivity index (χ3n) is 3.26. The van der Waals surface area contributed by atoms with Crippen LogP contribution < -0.4 is 4.90 Å². The number of ether oxygens (including phenoxy) is 1. The predicted octanol–water partition coefficient (Wildman–Crippen LogP) is 2.59. The maximum absolute atomic E-state index is 11.0. The molecule has 1 aliphatic rings.